The first-order valence-corrected chi connectivity index (χ1v) is 12.9. The van der Waals surface area contributed by atoms with Gasteiger partial charge < -0.3 is 15.0 Å². The summed E-state index contributed by atoms with van der Waals surface area (Å²) in [7, 11) is 1.63. The number of ether oxygens (including phenoxy) is 1. The Bertz CT molecular complexity index is 1230. The Balaban J connectivity index is 1.62. The second kappa shape index (κ2) is 11.5. The fourth-order valence-electron chi connectivity index (χ4n) is 4.82. The van der Waals surface area contributed by atoms with E-state index in [-0.39, 0.29) is 24.6 Å². The van der Waals surface area contributed by atoms with Gasteiger partial charge in [-0.1, -0.05) is 53.5 Å². The first-order chi connectivity index (χ1) is 17.7. The van der Waals surface area contributed by atoms with Gasteiger partial charge in [0.25, 0.3) is 5.91 Å². The van der Waals surface area contributed by atoms with Crippen molar-refractivity contribution in [3.8, 4) is 0 Å². The van der Waals surface area contributed by atoms with Crippen molar-refractivity contribution in [2.75, 3.05) is 39.8 Å². The summed E-state index contributed by atoms with van der Waals surface area (Å²) in [6.07, 6.45) is 0. The van der Waals surface area contributed by atoms with Crippen molar-refractivity contribution in [1.29, 1.82) is 0 Å². The molecule has 8 nitrogen and oxygen atoms in total. The molecular formula is C27H30Cl2N4O4. The minimum absolute atomic E-state index is 0.105. The molecule has 0 unspecified atom stereocenters. The lowest BCUT2D eigenvalue weighted by atomic mass is 9.94. The monoisotopic (exact) mass is 544 g/mol. The zero-order valence-electron chi connectivity index (χ0n) is 21.0. The van der Waals surface area contributed by atoms with E-state index in [1.54, 1.807) is 56.4 Å². The minimum Gasteiger partial charge on any atom is -0.463 e. The first-order valence-electron chi connectivity index (χ1n) is 12.2. The third kappa shape index (κ3) is 5.61. The molecule has 196 valence electrons. The SMILES string of the molecule is CCOC(=O)C1=C(CN2CCN(C(=O)c3ccccc3Cl)[C@H](C)C2)N(C)C(=O)N[C@@H]1c1ccccc1Cl. The molecule has 1 saturated heterocycles. The van der Waals surface area contributed by atoms with Crippen LogP contribution in [0.5, 0.6) is 0 Å². The van der Waals surface area contributed by atoms with Gasteiger partial charge in [-0.2, -0.15) is 0 Å². The van der Waals surface area contributed by atoms with Crippen LogP contribution in [-0.4, -0.2) is 78.5 Å². The Labute approximate surface area is 226 Å². The Morgan fingerprint density at radius 3 is 2.38 bits per heavy atom. The number of urea groups is 1. The lowest BCUT2D eigenvalue weighted by Crippen LogP contribution is -2.56. The van der Waals surface area contributed by atoms with Crippen molar-refractivity contribution in [3.63, 3.8) is 0 Å². The first kappa shape index (κ1) is 27.0. The topological polar surface area (TPSA) is 82.2 Å². The number of piperazine rings is 1. The lowest BCUT2D eigenvalue weighted by molar-refractivity contribution is -0.139. The normalized spacial score (nSPS) is 20.6. The molecule has 0 radical (unpaired) electrons. The number of hydrogen-bond acceptors (Lipinski definition) is 5. The van der Waals surface area contributed by atoms with Crippen molar-refractivity contribution in [2.24, 2.45) is 0 Å². The van der Waals surface area contributed by atoms with Crippen LogP contribution in [0.15, 0.2) is 59.8 Å². The molecule has 2 aliphatic rings. The molecule has 4 rings (SSSR count). The number of carbonyl (C=O) groups is 3. The van der Waals surface area contributed by atoms with Crippen LogP contribution in [0.2, 0.25) is 10.0 Å². The zero-order valence-corrected chi connectivity index (χ0v) is 22.6. The highest BCUT2D eigenvalue weighted by Gasteiger charge is 2.39. The summed E-state index contributed by atoms with van der Waals surface area (Å²) in [5.41, 5.74) is 1.99. The van der Waals surface area contributed by atoms with E-state index in [9.17, 15) is 14.4 Å². The summed E-state index contributed by atoms with van der Waals surface area (Å²) in [5, 5.41) is 3.76. The largest absolute Gasteiger partial charge is 0.463 e. The van der Waals surface area contributed by atoms with Crippen molar-refractivity contribution in [1.82, 2.24) is 20.0 Å². The molecule has 10 heteroatoms. The zero-order chi connectivity index (χ0) is 26.7. The maximum atomic E-state index is 13.2. The molecular weight excluding hydrogens is 515 g/mol. The minimum atomic E-state index is -0.744. The van der Waals surface area contributed by atoms with E-state index in [1.807, 2.05) is 17.9 Å². The number of esters is 1. The predicted molar refractivity (Wildman–Crippen MR) is 143 cm³/mol. The van der Waals surface area contributed by atoms with Crippen molar-refractivity contribution >= 4 is 41.1 Å². The Kier molecular flexibility index (Phi) is 8.42. The Morgan fingerprint density at radius 1 is 1.05 bits per heavy atom. The Hall–Kier alpha value is -3.07. The smallest absolute Gasteiger partial charge is 0.338 e. The van der Waals surface area contributed by atoms with Crippen LogP contribution in [0.1, 0.15) is 35.8 Å². The highest BCUT2D eigenvalue weighted by Crippen LogP contribution is 2.35. The lowest BCUT2D eigenvalue weighted by Gasteiger charge is -2.42. The van der Waals surface area contributed by atoms with E-state index < -0.39 is 12.0 Å². The molecule has 2 aromatic rings. The van der Waals surface area contributed by atoms with Crippen molar-refractivity contribution < 1.29 is 19.1 Å². The van der Waals surface area contributed by atoms with Crippen LogP contribution in [0, 0.1) is 0 Å². The van der Waals surface area contributed by atoms with Gasteiger partial charge in [-0.25, -0.2) is 9.59 Å². The van der Waals surface area contributed by atoms with Gasteiger partial charge in [0.15, 0.2) is 0 Å². The van der Waals surface area contributed by atoms with E-state index in [0.29, 0.717) is 58.6 Å². The standard InChI is InChI=1S/C27H30Cl2N4O4/c1-4-37-26(35)23-22(31(3)27(36)30-24(23)18-9-5-7-11-20(18)28)16-32-13-14-33(17(2)15-32)25(34)19-10-6-8-12-21(19)29/h5-12,17,24H,4,13-16H2,1-3H3,(H,30,36)/t17-,24-/m1/s1. The van der Waals surface area contributed by atoms with E-state index in [0.717, 1.165) is 0 Å². The third-order valence-electron chi connectivity index (χ3n) is 6.74. The average molecular weight is 545 g/mol. The third-order valence-corrected chi connectivity index (χ3v) is 7.41. The number of likely N-dealkylation sites (N-methyl/N-ethyl adjacent to an activating group) is 1. The second-order valence-corrected chi connectivity index (χ2v) is 9.92. The van der Waals surface area contributed by atoms with E-state index in [4.69, 9.17) is 27.9 Å². The van der Waals surface area contributed by atoms with Gasteiger partial charge >= 0.3 is 12.0 Å². The number of nitrogens with zero attached hydrogens (tertiary/aromatic N) is 3. The van der Waals surface area contributed by atoms with Gasteiger partial charge in [0.2, 0.25) is 0 Å². The van der Waals surface area contributed by atoms with E-state index in [2.05, 4.69) is 10.2 Å². The molecule has 0 spiro atoms. The molecule has 3 amide bonds. The molecule has 37 heavy (non-hydrogen) atoms. The molecule has 1 N–H and O–H groups in total. The summed E-state index contributed by atoms with van der Waals surface area (Å²) in [6, 6.07) is 12.9. The van der Waals surface area contributed by atoms with Gasteiger partial charge in [-0.05, 0) is 37.6 Å². The van der Waals surface area contributed by atoms with Crippen molar-refractivity contribution in [2.45, 2.75) is 25.9 Å². The van der Waals surface area contributed by atoms with E-state index >= 15 is 0 Å². The van der Waals surface area contributed by atoms with Gasteiger partial charge in [0.1, 0.15) is 0 Å². The number of rotatable bonds is 6. The highest BCUT2D eigenvalue weighted by atomic mass is 35.5. The van der Waals surface area contributed by atoms with Crippen LogP contribution in [-0.2, 0) is 9.53 Å². The average Bonchev–Trinajstić information content (AvgIpc) is 2.87. The molecule has 2 heterocycles. The van der Waals surface area contributed by atoms with Gasteiger partial charge in [0, 0.05) is 50.0 Å². The Morgan fingerprint density at radius 2 is 1.73 bits per heavy atom. The van der Waals surface area contributed by atoms with Crippen LogP contribution in [0.4, 0.5) is 4.79 Å². The van der Waals surface area contributed by atoms with Crippen LogP contribution >= 0.6 is 23.2 Å². The summed E-state index contributed by atoms with van der Waals surface area (Å²) in [5.74, 6) is -0.619. The fraction of sp³-hybridized carbons (Fsp3) is 0.370. The van der Waals surface area contributed by atoms with Crippen LogP contribution in [0.3, 0.4) is 0 Å². The quantitative estimate of drug-likeness (QED) is 0.546. The van der Waals surface area contributed by atoms with Gasteiger partial charge in [-0.3, -0.25) is 14.6 Å². The predicted octanol–water partition coefficient (Wildman–Crippen LogP) is 4.35. The summed E-state index contributed by atoms with van der Waals surface area (Å²) in [6.45, 7) is 5.85. The molecule has 0 bridgehead atoms. The molecule has 2 aliphatic heterocycles. The number of amides is 3. The summed E-state index contributed by atoms with van der Waals surface area (Å²) >= 11 is 12.7. The highest BCUT2D eigenvalue weighted by molar-refractivity contribution is 6.33. The molecule has 2 aromatic carbocycles. The summed E-state index contributed by atoms with van der Waals surface area (Å²) in [4.78, 5) is 44.7. The van der Waals surface area contributed by atoms with Crippen LogP contribution in [0.25, 0.3) is 0 Å². The number of halogens is 2. The molecule has 1 fully saturated rings. The summed E-state index contributed by atoms with van der Waals surface area (Å²) < 4.78 is 5.40. The number of benzene rings is 2. The van der Waals surface area contributed by atoms with Crippen molar-refractivity contribution in [3.05, 3.63) is 81.0 Å². The number of hydrogen-bond donors (Lipinski definition) is 1. The molecule has 0 saturated carbocycles. The number of carbonyl (C=O) groups excluding carboxylic acids is 3. The second-order valence-electron chi connectivity index (χ2n) is 9.11. The van der Waals surface area contributed by atoms with Gasteiger partial charge in [0.05, 0.1) is 28.8 Å². The number of nitrogens with one attached hydrogen (secondary N) is 1. The van der Waals surface area contributed by atoms with Gasteiger partial charge in [-0.15, -0.1) is 0 Å². The maximum Gasteiger partial charge on any atom is 0.338 e. The molecule has 0 aromatic heterocycles. The van der Waals surface area contributed by atoms with E-state index in [1.165, 1.54) is 4.90 Å². The molecule has 0 aliphatic carbocycles. The maximum absolute atomic E-state index is 13.2. The molecule has 2 atom stereocenters. The fourth-order valence-corrected chi connectivity index (χ4v) is 5.28. The van der Waals surface area contributed by atoms with Crippen LogP contribution < -0.4 is 5.32 Å².